The van der Waals surface area contributed by atoms with Crippen LogP contribution in [0.2, 0.25) is 0 Å². The molecule has 0 saturated carbocycles. The third kappa shape index (κ3) is 3.35. The summed E-state index contributed by atoms with van der Waals surface area (Å²) in [5, 5.41) is 0.189. The first-order valence-electron chi connectivity index (χ1n) is 4.65. The van der Waals surface area contributed by atoms with Crippen LogP contribution in [-0.2, 0) is 6.42 Å². The number of alkyl halides is 1. The standard InChI is InChI=1S/C11H16ClN/c1-8(2)11(12)7-10-6-9(3)4-5-13-10/h4-6,8,11H,7H2,1-3H3. The van der Waals surface area contributed by atoms with Gasteiger partial charge in [0.1, 0.15) is 0 Å². The molecule has 0 aliphatic carbocycles. The number of halogens is 1. The highest BCUT2D eigenvalue weighted by atomic mass is 35.5. The average molecular weight is 198 g/mol. The van der Waals surface area contributed by atoms with E-state index in [-0.39, 0.29) is 5.38 Å². The Morgan fingerprint density at radius 2 is 2.15 bits per heavy atom. The van der Waals surface area contributed by atoms with Gasteiger partial charge in [-0.1, -0.05) is 13.8 Å². The summed E-state index contributed by atoms with van der Waals surface area (Å²) in [6.07, 6.45) is 2.70. The van der Waals surface area contributed by atoms with Crippen LogP contribution in [0.4, 0.5) is 0 Å². The van der Waals surface area contributed by atoms with Crippen molar-refractivity contribution in [3.8, 4) is 0 Å². The van der Waals surface area contributed by atoms with Crippen molar-refractivity contribution in [2.45, 2.75) is 32.6 Å². The van der Waals surface area contributed by atoms with Crippen molar-refractivity contribution in [1.82, 2.24) is 4.98 Å². The normalized spacial score (nSPS) is 13.3. The zero-order chi connectivity index (χ0) is 9.84. The summed E-state index contributed by atoms with van der Waals surface area (Å²) in [6, 6.07) is 4.10. The van der Waals surface area contributed by atoms with Gasteiger partial charge in [-0.05, 0) is 30.5 Å². The van der Waals surface area contributed by atoms with Gasteiger partial charge in [0.25, 0.3) is 0 Å². The maximum Gasteiger partial charge on any atom is 0.0421 e. The van der Waals surface area contributed by atoms with Gasteiger partial charge in [-0.15, -0.1) is 11.6 Å². The molecule has 2 heteroatoms. The quantitative estimate of drug-likeness (QED) is 0.679. The van der Waals surface area contributed by atoms with E-state index in [2.05, 4.69) is 31.8 Å². The second-order valence-corrected chi connectivity index (χ2v) is 4.35. The summed E-state index contributed by atoms with van der Waals surface area (Å²) < 4.78 is 0. The predicted molar refractivity (Wildman–Crippen MR) is 57.2 cm³/mol. The zero-order valence-corrected chi connectivity index (χ0v) is 9.17. The van der Waals surface area contributed by atoms with Crippen LogP contribution < -0.4 is 0 Å². The third-order valence-electron chi connectivity index (χ3n) is 2.10. The molecule has 0 amide bonds. The Kier molecular flexibility index (Phi) is 3.73. The molecule has 0 N–H and O–H groups in total. The lowest BCUT2D eigenvalue weighted by Gasteiger charge is -2.12. The molecule has 1 atom stereocenters. The van der Waals surface area contributed by atoms with E-state index in [0.717, 1.165) is 12.1 Å². The molecule has 0 aromatic carbocycles. The van der Waals surface area contributed by atoms with Gasteiger partial charge < -0.3 is 0 Å². The van der Waals surface area contributed by atoms with E-state index in [1.54, 1.807) is 0 Å². The number of nitrogens with zero attached hydrogens (tertiary/aromatic N) is 1. The van der Waals surface area contributed by atoms with Gasteiger partial charge >= 0.3 is 0 Å². The van der Waals surface area contributed by atoms with Crippen LogP contribution in [0.3, 0.4) is 0 Å². The minimum absolute atomic E-state index is 0.189. The van der Waals surface area contributed by atoms with Crippen LogP contribution in [-0.4, -0.2) is 10.4 Å². The van der Waals surface area contributed by atoms with E-state index in [0.29, 0.717) is 5.92 Å². The van der Waals surface area contributed by atoms with Crippen LogP contribution in [0, 0.1) is 12.8 Å². The summed E-state index contributed by atoms with van der Waals surface area (Å²) in [6.45, 7) is 6.34. The molecule has 1 rings (SSSR count). The molecule has 0 spiro atoms. The molecule has 1 unspecified atom stereocenters. The average Bonchev–Trinajstić information content (AvgIpc) is 2.04. The fraction of sp³-hybridized carbons (Fsp3) is 0.545. The lowest BCUT2D eigenvalue weighted by atomic mass is 10.0. The highest BCUT2D eigenvalue weighted by Crippen LogP contribution is 2.14. The maximum atomic E-state index is 6.16. The lowest BCUT2D eigenvalue weighted by molar-refractivity contribution is 0.591. The number of aromatic nitrogens is 1. The van der Waals surface area contributed by atoms with Gasteiger partial charge in [0.15, 0.2) is 0 Å². The molecule has 72 valence electrons. The topological polar surface area (TPSA) is 12.9 Å². The minimum atomic E-state index is 0.189. The van der Waals surface area contributed by atoms with Crippen LogP contribution in [0.15, 0.2) is 18.3 Å². The van der Waals surface area contributed by atoms with E-state index < -0.39 is 0 Å². The first-order valence-corrected chi connectivity index (χ1v) is 5.09. The largest absolute Gasteiger partial charge is 0.261 e. The van der Waals surface area contributed by atoms with E-state index in [9.17, 15) is 0 Å². The van der Waals surface area contributed by atoms with Crippen LogP contribution >= 0.6 is 11.6 Å². The molecular formula is C11H16ClN. The lowest BCUT2D eigenvalue weighted by Crippen LogP contribution is -2.12. The third-order valence-corrected chi connectivity index (χ3v) is 2.76. The molecule has 1 heterocycles. The highest BCUT2D eigenvalue weighted by Gasteiger charge is 2.10. The zero-order valence-electron chi connectivity index (χ0n) is 8.42. The molecule has 13 heavy (non-hydrogen) atoms. The Morgan fingerprint density at radius 3 is 2.69 bits per heavy atom. The second-order valence-electron chi connectivity index (χ2n) is 3.79. The minimum Gasteiger partial charge on any atom is -0.261 e. The van der Waals surface area contributed by atoms with Gasteiger partial charge in [-0.3, -0.25) is 4.98 Å². The molecule has 0 bridgehead atoms. The molecule has 1 aromatic heterocycles. The Hall–Kier alpha value is -0.560. The van der Waals surface area contributed by atoms with E-state index in [4.69, 9.17) is 11.6 Å². The summed E-state index contributed by atoms with van der Waals surface area (Å²) in [7, 11) is 0. The molecular weight excluding hydrogens is 182 g/mol. The Morgan fingerprint density at radius 1 is 1.46 bits per heavy atom. The smallest absolute Gasteiger partial charge is 0.0421 e. The monoisotopic (exact) mass is 197 g/mol. The van der Waals surface area contributed by atoms with E-state index >= 15 is 0 Å². The number of aryl methyl sites for hydroxylation is 1. The van der Waals surface area contributed by atoms with Crippen LogP contribution in [0.1, 0.15) is 25.1 Å². The Bertz CT molecular complexity index is 271. The summed E-state index contributed by atoms with van der Waals surface area (Å²) in [5.41, 5.74) is 2.34. The number of rotatable bonds is 3. The summed E-state index contributed by atoms with van der Waals surface area (Å²) in [4.78, 5) is 4.28. The van der Waals surface area contributed by atoms with Crippen molar-refractivity contribution >= 4 is 11.6 Å². The van der Waals surface area contributed by atoms with Gasteiger partial charge in [0.05, 0.1) is 0 Å². The molecule has 0 aliphatic heterocycles. The van der Waals surface area contributed by atoms with Crippen molar-refractivity contribution < 1.29 is 0 Å². The van der Waals surface area contributed by atoms with Crippen molar-refractivity contribution in [1.29, 1.82) is 0 Å². The van der Waals surface area contributed by atoms with Gasteiger partial charge in [0, 0.05) is 23.7 Å². The van der Waals surface area contributed by atoms with Gasteiger partial charge in [-0.2, -0.15) is 0 Å². The van der Waals surface area contributed by atoms with Crippen LogP contribution in [0.25, 0.3) is 0 Å². The van der Waals surface area contributed by atoms with Crippen molar-refractivity contribution in [2.24, 2.45) is 5.92 Å². The number of pyridine rings is 1. The maximum absolute atomic E-state index is 6.16. The van der Waals surface area contributed by atoms with Crippen molar-refractivity contribution in [2.75, 3.05) is 0 Å². The first-order chi connectivity index (χ1) is 6.09. The first kappa shape index (κ1) is 10.5. The fourth-order valence-electron chi connectivity index (χ4n) is 1.15. The molecule has 0 radical (unpaired) electrons. The highest BCUT2D eigenvalue weighted by molar-refractivity contribution is 6.20. The van der Waals surface area contributed by atoms with Gasteiger partial charge in [0.2, 0.25) is 0 Å². The summed E-state index contributed by atoms with van der Waals surface area (Å²) in [5.74, 6) is 0.504. The molecule has 0 fully saturated rings. The molecule has 0 aliphatic rings. The number of hydrogen-bond acceptors (Lipinski definition) is 1. The van der Waals surface area contributed by atoms with Crippen LogP contribution in [0.5, 0.6) is 0 Å². The van der Waals surface area contributed by atoms with E-state index in [1.807, 2.05) is 12.3 Å². The Labute approximate surface area is 85.1 Å². The Balaban J connectivity index is 2.64. The summed E-state index contributed by atoms with van der Waals surface area (Å²) >= 11 is 6.16. The fourth-order valence-corrected chi connectivity index (χ4v) is 1.30. The van der Waals surface area contributed by atoms with Crippen molar-refractivity contribution in [3.63, 3.8) is 0 Å². The van der Waals surface area contributed by atoms with Gasteiger partial charge in [-0.25, -0.2) is 0 Å². The number of hydrogen-bond donors (Lipinski definition) is 0. The molecule has 1 nitrogen and oxygen atoms in total. The molecule has 0 saturated heterocycles. The second kappa shape index (κ2) is 4.61. The predicted octanol–water partition coefficient (Wildman–Crippen LogP) is 3.20. The molecule has 1 aromatic rings. The van der Waals surface area contributed by atoms with Crippen molar-refractivity contribution in [3.05, 3.63) is 29.6 Å². The van der Waals surface area contributed by atoms with E-state index in [1.165, 1.54) is 5.56 Å². The SMILES string of the molecule is Cc1ccnc(CC(Cl)C(C)C)c1.